The lowest BCUT2D eigenvalue weighted by molar-refractivity contribution is -0.154. The fraction of sp³-hybridized carbons (Fsp3) is 0.367. The zero-order valence-electron chi connectivity index (χ0n) is 27.2. The van der Waals surface area contributed by atoms with Crippen molar-refractivity contribution < 1.29 is 32.3 Å². The standard InChI is InChI=1S/C30H36ClF3N12O4/c1-16(45-36)46(37)21-12-19(8-9-20(21)23(48)38-13-28(2,3)14-39-24(49)22(35)47)40-25-41-26(43-27(42-25)50-15-30(32,33)34)44-29(10-11-29)17-4-6-18(31)7-5-17/h4-9,12H,10-11,13-15,36-37H2,1-3H3,(H2,35,47)(H,38,48)(H,39,49)(H2,40,41,42,43,44)/b45-16-. The van der Waals surface area contributed by atoms with Crippen molar-refractivity contribution in [3.8, 4) is 6.01 Å². The number of amides is 3. The van der Waals surface area contributed by atoms with Gasteiger partial charge in [0, 0.05) is 23.8 Å². The molecule has 0 bridgehead atoms. The number of hydrazine groups is 1. The van der Waals surface area contributed by atoms with Crippen LogP contribution < -0.4 is 48.4 Å². The second kappa shape index (κ2) is 15.0. The molecule has 16 nitrogen and oxygen atoms in total. The van der Waals surface area contributed by atoms with Gasteiger partial charge in [-0.15, -0.1) is 0 Å². The number of alkyl halides is 3. The summed E-state index contributed by atoms with van der Waals surface area (Å²) < 4.78 is 43.9. The van der Waals surface area contributed by atoms with Gasteiger partial charge in [-0.25, -0.2) is 5.84 Å². The van der Waals surface area contributed by atoms with Gasteiger partial charge in [0.1, 0.15) is 5.84 Å². The molecule has 4 rings (SSSR count). The van der Waals surface area contributed by atoms with Crippen LogP contribution in [0.2, 0.25) is 5.02 Å². The summed E-state index contributed by atoms with van der Waals surface area (Å²) in [5.41, 5.74) is 5.07. The van der Waals surface area contributed by atoms with Gasteiger partial charge in [0.05, 0.1) is 16.8 Å². The number of ether oxygens (including phenoxy) is 1. The molecule has 1 saturated carbocycles. The van der Waals surface area contributed by atoms with Crippen molar-refractivity contribution in [2.24, 2.45) is 27.9 Å². The third-order valence-electron chi connectivity index (χ3n) is 7.45. The largest absolute Gasteiger partial charge is 0.454 e. The number of carbonyl (C=O) groups is 3. The molecule has 3 aromatic rings. The molecule has 0 atom stereocenters. The maximum Gasteiger partial charge on any atom is 0.422 e. The van der Waals surface area contributed by atoms with Crippen LogP contribution in [0.1, 0.15) is 49.5 Å². The van der Waals surface area contributed by atoms with E-state index in [-0.39, 0.29) is 47.8 Å². The second-order valence-electron chi connectivity index (χ2n) is 12.2. The highest BCUT2D eigenvalue weighted by atomic mass is 35.5. The van der Waals surface area contributed by atoms with Crippen LogP contribution >= 0.6 is 11.6 Å². The SMILES string of the molecule is C/C(=N/N)N(N)c1cc(Nc2nc(NC3(c4ccc(Cl)cc4)CC3)nc(OCC(F)(F)F)n2)ccc1C(=O)NCC(C)(C)CNC(=O)C(N)=O. The summed E-state index contributed by atoms with van der Waals surface area (Å²) in [6.45, 7) is 3.44. The Morgan fingerprint density at radius 3 is 2.26 bits per heavy atom. The van der Waals surface area contributed by atoms with Crippen LogP contribution in [0.25, 0.3) is 0 Å². The number of hydrazone groups is 1. The summed E-state index contributed by atoms with van der Waals surface area (Å²) in [5, 5.41) is 16.4. The lowest BCUT2D eigenvalue weighted by Gasteiger charge is -2.26. The van der Waals surface area contributed by atoms with Gasteiger partial charge in [-0.05, 0) is 61.1 Å². The summed E-state index contributed by atoms with van der Waals surface area (Å²) in [6.07, 6.45) is -3.26. The summed E-state index contributed by atoms with van der Waals surface area (Å²) in [7, 11) is 0. The minimum Gasteiger partial charge on any atom is -0.454 e. The third-order valence-corrected chi connectivity index (χ3v) is 7.70. The average molecular weight is 721 g/mol. The fourth-order valence-electron chi connectivity index (χ4n) is 4.52. The highest BCUT2D eigenvalue weighted by Crippen LogP contribution is 2.48. The first-order valence-corrected chi connectivity index (χ1v) is 15.3. The van der Waals surface area contributed by atoms with Crippen LogP contribution in [0.3, 0.4) is 0 Å². The highest BCUT2D eigenvalue weighted by Gasteiger charge is 2.45. The van der Waals surface area contributed by atoms with Crippen LogP contribution in [0.4, 0.5) is 36.4 Å². The summed E-state index contributed by atoms with van der Waals surface area (Å²) in [5.74, 6) is 8.92. The molecule has 0 unspecified atom stereocenters. The molecule has 1 heterocycles. The molecule has 50 heavy (non-hydrogen) atoms. The Balaban J connectivity index is 1.61. The Labute approximate surface area is 289 Å². The molecule has 0 saturated heterocycles. The van der Waals surface area contributed by atoms with E-state index >= 15 is 0 Å². The molecule has 268 valence electrons. The van der Waals surface area contributed by atoms with Crippen LogP contribution in [-0.2, 0) is 15.1 Å². The van der Waals surface area contributed by atoms with E-state index in [4.69, 9.17) is 33.8 Å². The molecular formula is C30H36ClF3N12O4. The molecular weight excluding hydrogens is 685 g/mol. The number of benzene rings is 2. The summed E-state index contributed by atoms with van der Waals surface area (Å²) >= 11 is 6.04. The van der Waals surface area contributed by atoms with Crippen LogP contribution in [-0.4, -0.2) is 64.4 Å². The molecule has 1 aromatic heterocycles. The molecule has 1 fully saturated rings. The van der Waals surface area contributed by atoms with Crippen molar-refractivity contribution in [2.45, 2.75) is 45.3 Å². The van der Waals surface area contributed by atoms with Crippen LogP contribution in [0.5, 0.6) is 6.01 Å². The Kier molecular flexibility index (Phi) is 11.2. The number of nitrogens with zero attached hydrogens (tertiary/aromatic N) is 5. The number of primary amides is 1. The smallest absolute Gasteiger partial charge is 0.422 e. The quantitative estimate of drug-likeness (QED) is 0.0443. The number of hydrogen-bond donors (Lipinski definition) is 7. The minimum atomic E-state index is -4.65. The van der Waals surface area contributed by atoms with Gasteiger partial charge in [0.15, 0.2) is 6.61 Å². The van der Waals surface area contributed by atoms with Gasteiger partial charge < -0.3 is 37.6 Å². The van der Waals surface area contributed by atoms with E-state index < -0.39 is 47.5 Å². The molecule has 1 aliphatic carbocycles. The predicted molar refractivity (Wildman–Crippen MR) is 179 cm³/mol. The maximum atomic E-state index is 13.4. The van der Waals surface area contributed by atoms with Gasteiger partial charge in [-0.3, -0.25) is 19.4 Å². The first-order chi connectivity index (χ1) is 23.4. The number of rotatable bonds is 13. The number of nitrogens with two attached hydrogens (primary N) is 3. The Morgan fingerprint density at radius 1 is 1.02 bits per heavy atom. The van der Waals surface area contributed by atoms with E-state index in [1.54, 1.807) is 26.0 Å². The van der Waals surface area contributed by atoms with Gasteiger partial charge >= 0.3 is 24.0 Å². The first-order valence-electron chi connectivity index (χ1n) is 15.0. The maximum absolute atomic E-state index is 13.4. The molecule has 10 N–H and O–H groups in total. The Hall–Kier alpha value is -5.43. The Bertz CT molecular complexity index is 1770. The fourth-order valence-corrected chi connectivity index (χ4v) is 4.65. The van der Waals surface area contributed by atoms with Crippen molar-refractivity contribution in [1.29, 1.82) is 0 Å². The topological polar surface area (TPSA) is 241 Å². The number of aromatic nitrogens is 3. The molecule has 2 aromatic carbocycles. The van der Waals surface area contributed by atoms with Crippen LogP contribution in [0, 0.1) is 5.41 Å². The van der Waals surface area contributed by atoms with Gasteiger partial charge in [0.25, 0.3) is 5.91 Å². The Morgan fingerprint density at radius 2 is 1.66 bits per heavy atom. The normalized spacial score (nSPS) is 14.0. The van der Waals surface area contributed by atoms with E-state index in [9.17, 15) is 27.6 Å². The first kappa shape index (κ1) is 37.4. The van der Waals surface area contributed by atoms with E-state index in [0.717, 1.165) is 10.6 Å². The highest BCUT2D eigenvalue weighted by molar-refractivity contribution is 6.34. The lowest BCUT2D eigenvalue weighted by Crippen LogP contribution is -2.45. The summed E-state index contributed by atoms with van der Waals surface area (Å²) in [6, 6.07) is 10.9. The number of hydrogen-bond acceptors (Lipinski definition) is 12. The lowest BCUT2D eigenvalue weighted by atomic mass is 9.93. The molecule has 1 aliphatic rings. The number of halogens is 4. The molecule has 0 spiro atoms. The zero-order valence-corrected chi connectivity index (χ0v) is 27.9. The monoisotopic (exact) mass is 720 g/mol. The van der Waals surface area contributed by atoms with E-state index in [1.807, 2.05) is 12.1 Å². The molecule has 3 amide bonds. The van der Waals surface area contributed by atoms with Crippen molar-refractivity contribution in [3.05, 3.63) is 58.6 Å². The van der Waals surface area contributed by atoms with Crippen molar-refractivity contribution >= 4 is 58.4 Å². The van der Waals surface area contributed by atoms with E-state index in [0.29, 0.717) is 17.9 Å². The van der Waals surface area contributed by atoms with Crippen molar-refractivity contribution in [3.63, 3.8) is 0 Å². The van der Waals surface area contributed by atoms with Crippen molar-refractivity contribution in [1.82, 2.24) is 25.6 Å². The number of amidine groups is 1. The molecule has 20 heteroatoms. The molecule has 0 aliphatic heterocycles. The van der Waals surface area contributed by atoms with Gasteiger partial charge in [-0.2, -0.15) is 33.2 Å². The predicted octanol–water partition coefficient (Wildman–Crippen LogP) is 2.64. The van der Waals surface area contributed by atoms with Crippen molar-refractivity contribution in [2.75, 3.05) is 35.3 Å². The number of anilines is 4. The van der Waals surface area contributed by atoms with Crippen LogP contribution in [0.15, 0.2) is 47.6 Å². The van der Waals surface area contributed by atoms with E-state index in [1.165, 1.54) is 25.1 Å². The second-order valence-corrected chi connectivity index (χ2v) is 12.6. The summed E-state index contributed by atoms with van der Waals surface area (Å²) in [4.78, 5) is 48.4. The minimum absolute atomic E-state index is 0.0327. The van der Waals surface area contributed by atoms with Gasteiger partial charge in [-0.1, -0.05) is 37.6 Å². The third kappa shape index (κ3) is 10.0. The van der Waals surface area contributed by atoms with E-state index in [2.05, 4.69) is 41.3 Å². The number of carbonyl (C=O) groups excluding carboxylic acids is 3. The number of nitrogens with one attached hydrogen (secondary N) is 4. The molecule has 0 radical (unpaired) electrons. The average Bonchev–Trinajstić information content (AvgIpc) is 3.84. The zero-order chi connectivity index (χ0) is 36.9. The van der Waals surface area contributed by atoms with Gasteiger partial charge in [0.2, 0.25) is 11.9 Å².